The maximum absolute atomic E-state index is 12.4. The van der Waals surface area contributed by atoms with Gasteiger partial charge in [-0.3, -0.25) is 25.0 Å². The van der Waals surface area contributed by atoms with Gasteiger partial charge in [-0.25, -0.2) is 0 Å². The minimum atomic E-state index is -0.375. The number of aryl methyl sites for hydroxylation is 2. The molecular formula is C26H26N6O2S. The van der Waals surface area contributed by atoms with E-state index in [-0.39, 0.29) is 17.6 Å². The Morgan fingerprint density at radius 3 is 2.17 bits per heavy atom. The fourth-order valence-electron chi connectivity index (χ4n) is 3.27. The van der Waals surface area contributed by atoms with E-state index in [4.69, 9.17) is 0 Å². The summed E-state index contributed by atoms with van der Waals surface area (Å²) < 4.78 is 1.92. The first-order chi connectivity index (χ1) is 17.0. The molecule has 0 unspecified atom stereocenters. The van der Waals surface area contributed by atoms with Crippen LogP contribution in [-0.4, -0.2) is 32.3 Å². The zero-order valence-corrected chi connectivity index (χ0v) is 20.3. The van der Waals surface area contributed by atoms with Crippen molar-refractivity contribution in [3.05, 3.63) is 101 Å². The van der Waals surface area contributed by atoms with Gasteiger partial charge in [-0.2, -0.15) is 0 Å². The van der Waals surface area contributed by atoms with E-state index in [1.54, 1.807) is 12.1 Å². The maximum atomic E-state index is 12.4. The van der Waals surface area contributed by atoms with Crippen molar-refractivity contribution >= 4 is 29.3 Å². The molecule has 1 aromatic heterocycles. The Morgan fingerprint density at radius 1 is 0.829 bits per heavy atom. The number of anilines is 1. The molecule has 0 aliphatic heterocycles. The van der Waals surface area contributed by atoms with Crippen molar-refractivity contribution in [2.24, 2.45) is 0 Å². The number of aromatic nitrogens is 3. The highest BCUT2D eigenvalue weighted by Crippen LogP contribution is 2.22. The van der Waals surface area contributed by atoms with Gasteiger partial charge in [0.15, 0.2) is 11.0 Å². The zero-order chi connectivity index (χ0) is 24.6. The largest absolute Gasteiger partial charge is 0.378 e. The molecule has 35 heavy (non-hydrogen) atoms. The molecule has 0 aliphatic carbocycles. The normalized spacial score (nSPS) is 10.6. The number of nitrogens with zero attached hydrogens (tertiary/aromatic N) is 3. The zero-order valence-electron chi connectivity index (χ0n) is 19.5. The second kappa shape index (κ2) is 11.3. The lowest BCUT2D eigenvalue weighted by Crippen LogP contribution is -2.42. The second-order valence-electron chi connectivity index (χ2n) is 7.95. The molecule has 4 rings (SSSR count). The highest BCUT2D eigenvalue weighted by molar-refractivity contribution is 7.99. The van der Waals surface area contributed by atoms with Crippen LogP contribution < -0.4 is 16.2 Å². The third kappa shape index (κ3) is 6.48. The fourth-order valence-corrected chi connectivity index (χ4v) is 4.04. The molecule has 0 fully saturated rings. The van der Waals surface area contributed by atoms with Gasteiger partial charge in [0.1, 0.15) is 0 Å². The Labute approximate surface area is 208 Å². The monoisotopic (exact) mass is 486 g/mol. The SMILES string of the molecule is Cc1ccc(NCc2nnc(SCC(=O)NNC(=O)c3ccc(C)cc3)n2-c2ccccc2)cc1. The Hall–Kier alpha value is -4.11. The van der Waals surface area contributed by atoms with Crippen LogP contribution in [0.25, 0.3) is 5.69 Å². The number of carbonyl (C=O) groups excluding carboxylic acids is 2. The van der Waals surface area contributed by atoms with E-state index in [9.17, 15) is 9.59 Å². The van der Waals surface area contributed by atoms with Gasteiger partial charge >= 0.3 is 0 Å². The average molecular weight is 487 g/mol. The molecule has 9 heteroatoms. The third-order valence-electron chi connectivity index (χ3n) is 5.18. The first-order valence-electron chi connectivity index (χ1n) is 11.1. The number of hydrogen-bond acceptors (Lipinski definition) is 6. The summed E-state index contributed by atoms with van der Waals surface area (Å²) in [5.74, 6) is 0.0508. The molecule has 0 spiro atoms. The summed E-state index contributed by atoms with van der Waals surface area (Å²) in [6.07, 6.45) is 0. The lowest BCUT2D eigenvalue weighted by Gasteiger charge is -2.12. The molecule has 8 nitrogen and oxygen atoms in total. The Balaban J connectivity index is 1.40. The second-order valence-corrected chi connectivity index (χ2v) is 8.89. The summed E-state index contributed by atoms with van der Waals surface area (Å²) in [5.41, 5.74) is 9.49. The molecule has 178 valence electrons. The first-order valence-corrected chi connectivity index (χ1v) is 12.1. The minimum Gasteiger partial charge on any atom is -0.378 e. The molecule has 0 bridgehead atoms. The predicted octanol–water partition coefficient (Wildman–Crippen LogP) is 4.05. The number of hydrazine groups is 1. The van der Waals surface area contributed by atoms with Gasteiger partial charge in [0.2, 0.25) is 5.91 Å². The Kier molecular flexibility index (Phi) is 7.79. The van der Waals surface area contributed by atoms with Gasteiger partial charge in [0.05, 0.1) is 12.3 Å². The van der Waals surface area contributed by atoms with Crippen molar-refractivity contribution in [1.29, 1.82) is 0 Å². The van der Waals surface area contributed by atoms with Crippen LogP contribution >= 0.6 is 11.8 Å². The van der Waals surface area contributed by atoms with Gasteiger partial charge in [-0.15, -0.1) is 10.2 Å². The Bertz CT molecular complexity index is 1290. The van der Waals surface area contributed by atoms with Crippen molar-refractivity contribution in [1.82, 2.24) is 25.6 Å². The Morgan fingerprint density at radius 2 is 1.49 bits per heavy atom. The molecule has 0 saturated heterocycles. The number of thioether (sulfide) groups is 1. The lowest BCUT2D eigenvalue weighted by atomic mass is 10.1. The molecule has 3 N–H and O–H groups in total. The number of para-hydroxylation sites is 1. The van der Waals surface area contributed by atoms with Crippen molar-refractivity contribution in [3.63, 3.8) is 0 Å². The van der Waals surface area contributed by atoms with E-state index in [0.717, 1.165) is 16.9 Å². The van der Waals surface area contributed by atoms with E-state index >= 15 is 0 Å². The van der Waals surface area contributed by atoms with Crippen molar-refractivity contribution in [3.8, 4) is 5.69 Å². The van der Waals surface area contributed by atoms with Crippen molar-refractivity contribution in [2.45, 2.75) is 25.5 Å². The molecular weight excluding hydrogens is 460 g/mol. The lowest BCUT2D eigenvalue weighted by molar-refractivity contribution is -0.119. The van der Waals surface area contributed by atoms with Crippen LogP contribution in [0.4, 0.5) is 5.69 Å². The molecule has 0 atom stereocenters. The van der Waals surface area contributed by atoms with E-state index in [0.29, 0.717) is 23.1 Å². The van der Waals surface area contributed by atoms with E-state index in [1.807, 2.05) is 85.1 Å². The average Bonchev–Trinajstić information content (AvgIpc) is 3.29. The number of hydrogen-bond donors (Lipinski definition) is 3. The van der Waals surface area contributed by atoms with Crippen LogP contribution in [0, 0.1) is 13.8 Å². The topological polar surface area (TPSA) is 101 Å². The molecule has 1 heterocycles. The van der Waals surface area contributed by atoms with E-state index < -0.39 is 0 Å². The smallest absolute Gasteiger partial charge is 0.269 e. The fraction of sp³-hybridized carbons (Fsp3) is 0.154. The minimum absolute atomic E-state index is 0.0601. The quantitative estimate of drug-likeness (QED) is 0.257. The van der Waals surface area contributed by atoms with Gasteiger partial charge in [-0.1, -0.05) is 65.4 Å². The van der Waals surface area contributed by atoms with Crippen molar-refractivity contribution < 1.29 is 9.59 Å². The summed E-state index contributed by atoms with van der Waals surface area (Å²) in [7, 11) is 0. The molecule has 2 amide bonds. The summed E-state index contributed by atoms with van der Waals surface area (Å²) in [4.78, 5) is 24.6. The maximum Gasteiger partial charge on any atom is 0.269 e. The summed E-state index contributed by atoms with van der Waals surface area (Å²) in [6, 6.07) is 25.0. The van der Waals surface area contributed by atoms with Crippen LogP contribution in [0.1, 0.15) is 27.3 Å². The standard InChI is InChI=1S/C26H26N6O2S/c1-18-8-12-20(13-9-18)25(34)30-29-24(33)17-35-26-31-28-23(32(26)22-6-4-3-5-7-22)16-27-21-14-10-19(2)11-15-21/h3-15,27H,16-17H2,1-2H3,(H,29,33)(H,30,34). The number of benzene rings is 3. The molecule has 0 radical (unpaired) electrons. The van der Waals surface area contributed by atoms with E-state index in [2.05, 4.69) is 26.4 Å². The van der Waals surface area contributed by atoms with Crippen LogP contribution in [0.3, 0.4) is 0 Å². The number of amides is 2. The third-order valence-corrected chi connectivity index (χ3v) is 6.11. The molecule has 0 aliphatic rings. The summed E-state index contributed by atoms with van der Waals surface area (Å²) in [5, 5.41) is 12.6. The molecule has 0 saturated carbocycles. The van der Waals surface area contributed by atoms with Gasteiger partial charge in [0.25, 0.3) is 5.91 Å². The van der Waals surface area contributed by atoms with Crippen molar-refractivity contribution in [2.75, 3.05) is 11.1 Å². The van der Waals surface area contributed by atoms with Crippen LogP contribution in [-0.2, 0) is 11.3 Å². The highest BCUT2D eigenvalue weighted by Gasteiger charge is 2.16. The number of rotatable bonds is 8. The first kappa shape index (κ1) is 24.0. The number of nitrogens with one attached hydrogen (secondary N) is 3. The van der Waals surface area contributed by atoms with E-state index in [1.165, 1.54) is 17.3 Å². The van der Waals surface area contributed by atoms with Crippen LogP contribution in [0.15, 0.2) is 84.0 Å². The molecule has 4 aromatic rings. The molecule has 3 aromatic carbocycles. The summed E-state index contributed by atoms with van der Waals surface area (Å²) >= 11 is 1.24. The predicted molar refractivity (Wildman–Crippen MR) is 137 cm³/mol. The van der Waals surface area contributed by atoms with Gasteiger partial charge in [-0.05, 0) is 50.2 Å². The van der Waals surface area contributed by atoms with Gasteiger partial charge < -0.3 is 5.32 Å². The van der Waals surface area contributed by atoms with Gasteiger partial charge in [0, 0.05) is 16.9 Å². The summed E-state index contributed by atoms with van der Waals surface area (Å²) in [6.45, 7) is 4.45. The van der Waals surface area contributed by atoms with Crippen LogP contribution in [0.2, 0.25) is 0 Å². The van der Waals surface area contributed by atoms with Crippen LogP contribution in [0.5, 0.6) is 0 Å². The highest BCUT2D eigenvalue weighted by atomic mass is 32.2. The number of carbonyl (C=O) groups is 2.